The second kappa shape index (κ2) is 6.54. The van der Waals surface area contributed by atoms with Gasteiger partial charge in [-0.3, -0.25) is 0 Å². The maximum atomic E-state index is 12.2. The molecule has 6 nitrogen and oxygen atoms in total. The maximum absolute atomic E-state index is 12.2. The molecule has 0 saturated carbocycles. The quantitative estimate of drug-likeness (QED) is 0.857. The molecular weight excluding hydrogens is 305 g/mol. The molecule has 2 rings (SSSR count). The first kappa shape index (κ1) is 15.9. The summed E-state index contributed by atoms with van der Waals surface area (Å²) in [6.45, 7) is 1.96. The van der Waals surface area contributed by atoms with Crippen molar-refractivity contribution >= 4 is 11.9 Å². The van der Waals surface area contributed by atoms with Crippen molar-refractivity contribution in [2.45, 2.75) is 19.4 Å². The van der Waals surface area contributed by atoms with Gasteiger partial charge >= 0.3 is 12.3 Å². The lowest BCUT2D eigenvalue weighted by molar-refractivity contribution is -0.274. The van der Waals surface area contributed by atoms with Crippen LogP contribution in [0.5, 0.6) is 5.75 Å². The average Bonchev–Trinajstić information content (AvgIpc) is 2.46. The molecule has 0 bridgehead atoms. The van der Waals surface area contributed by atoms with Crippen LogP contribution in [0.15, 0.2) is 29.4 Å². The van der Waals surface area contributed by atoms with Gasteiger partial charge in [0, 0.05) is 5.56 Å². The highest BCUT2D eigenvalue weighted by Crippen LogP contribution is 2.24. The summed E-state index contributed by atoms with van der Waals surface area (Å²) in [6.07, 6.45) is -5.71. The molecule has 1 atom stereocenters. The fourth-order valence-corrected chi connectivity index (χ4v) is 1.73. The monoisotopic (exact) mass is 318 g/mol. The van der Waals surface area contributed by atoms with Crippen LogP contribution >= 0.6 is 0 Å². The fourth-order valence-electron chi connectivity index (χ4n) is 1.73. The van der Waals surface area contributed by atoms with Gasteiger partial charge in [-0.05, 0) is 25.1 Å². The summed E-state index contributed by atoms with van der Waals surface area (Å²) in [5, 5.41) is 3.83. The molecule has 0 fully saturated rings. The van der Waals surface area contributed by atoms with Crippen molar-refractivity contribution in [3.05, 3.63) is 29.8 Å². The zero-order chi connectivity index (χ0) is 16.2. The Labute approximate surface area is 123 Å². The van der Waals surface area contributed by atoms with E-state index in [1.807, 2.05) is 0 Å². The number of benzene rings is 1. The largest absolute Gasteiger partial charge is 0.573 e. The van der Waals surface area contributed by atoms with Crippen LogP contribution in [-0.4, -0.2) is 37.5 Å². The predicted octanol–water partition coefficient (Wildman–Crippen LogP) is 1.80. The Balaban J connectivity index is 2.12. The fraction of sp³-hybridized carbons (Fsp3) is 0.385. The minimum absolute atomic E-state index is 0.0167. The lowest BCUT2D eigenvalue weighted by Gasteiger charge is -2.23. The highest BCUT2D eigenvalue weighted by molar-refractivity contribution is 5.96. The molecule has 1 aromatic rings. The first-order valence-electron chi connectivity index (χ1n) is 6.39. The van der Waals surface area contributed by atoms with Crippen molar-refractivity contribution < 1.29 is 32.2 Å². The topological polar surface area (TPSA) is 69.2 Å². The average molecular weight is 318 g/mol. The lowest BCUT2D eigenvalue weighted by atomic mass is 10.2. The van der Waals surface area contributed by atoms with Crippen LogP contribution < -0.4 is 10.2 Å². The maximum Gasteiger partial charge on any atom is 0.573 e. The number of halogens is 3. The molecule has 120 valence electrons. The number of hydrogen-bond acceptors (Lipinski definition) is 6. The van der Waals surface area contributed by atoms with E-state index < -0.39 is 24.2 Å². The summed E-state index contributed by atoms with van der Waals surface area (Å²) in [6, 6.07) is 5.10. The molecule has 1 aromatic carbocycles. The van der Waals surface area contributed by atoms with E-state index >= 15 is 0 Å². The molecule has 0 saturated heterocycles. The molecule has 0 radical (unpaired) electrons. The van der Waals surface area contributed by atoms with E-state index in [1.165, 1.54) is 12.1 Å². The van der Waals surface area contributed by atoms with Crippen LogP contribution in [0.2, 0.25) is 0 Å². The van der Waals surface area contributed by atoms with Crippen LogP contribution in [0.3, 0.4) is 0 Å². The van der Waals surface area contributed by atoms with Crippen LogP contribution in [0.25, 0.3) is 0 Å². The number of carbonyl (C=O) groups is 1. The SMILES string of the molecule is CCOC(=O)C1CNN=C(c2cccc(OC(F)(F)F)c2)O1. The minimum atomic E-state index is -4.79. The minimum Gasteiger partial charge on any atom is -0.463 e. The van der Waals surface area contributed by atoms with Crippen molar-refractivity contribution in [3.8, 4) is 5.75 Å². The van der Waals surface area contributed by atoms with E-state index in [9.17, 15) is 18.0 Å². The lowest BCUT2D eigenvalue weighted by Crippen LogP contribution is -2.41. The summed E-state index contributed by atoms with van der Waals surface area (Å²) in [5.41, 5.74) is 2.83. The number of ether oxygens (including phenoxy) is 3. The Morgan fingerprint density at radius 2 is 2.27 bits per heavy atom. The summed E-state index contributed by atoms with van der Waals surface area (Å²) < 4.78 is 50.6. The van der Waals surface area contributed by atoms with E-state index in [1.54, 1.807) is 6.92 Å². The van der Waals surface area contributed by atoms with Gasteiger partial charge in [-0.25, -0.2) is 4.79 Å². The van der Waals surface area contributed by atoms with Crippen LogP contribution in [0, 0.1) is 0 Å². The number of carbonyl (C=O) groups excluding carboxylic acids is 1. The predicted molar refractivity (Wildman–Crippen MR) is 69.2 cm³/mol. The number of nitrogens with one attached hydrogen (secondary N) is 1. The van der Waals surface area contributed by atoms with Gasteiger partial charge in [-0.2, -0.15) is 0 Å². The molecule has 0 spiro atoms. The second-order valence-corrected chi connectivity index (χ2v) is 4.21. The van der Waals surface area contributed by atoms with Gasteiger partial charge in [-0.15, -0.1) is 18.3 Å². The third-order valence-electron chi connectivity index (χ3n) is 2.58. The Morgan fingerprint density at radius 3 is 2.95 bits per heavy atom. The van der Waals surface area contributed by atoms with Crippen LogP contribution in [0.1, 0.15) is 12.5 Å². The zero-order valence-electron chi connectivity index (χ0n) is 11.5. The molecule has 1 heterocycles. The van der Waals surface area contributed by atoms with E-state index in [-0.39, 0.29) is 24.6 Å². The van der Waals surface area contributed by atoms with E-state index in [4.69, 9.17) is 9.47 Å². The highest BCUT2D eigenvalue weighted by Gasteiger charge is 2.32. The first-order valence-corrected chi connectivity index (χ1v) is 6.39. The smallest absolute Gasteiger partial charge is 0.463 e. The zero-order valence-corrected chi connectivity index (χ0v) is 11.5. The van der Waals surface area contributed by atoms with Crippen molar-refractivity contribution in [3.63, 3.8) is 0 Å². The summed E-state index contributed by atoms with van der Waals surface area (Å²) in [4.78, 5) is 11.6. The molecule has 0 aromatic heterocycles. The number of hydrogen-bond donors (Lipinski definition) is 1. The second-order valence-electron chi connectivity index (χ2n) is 4.21. The normalized spacial score (nSPS) is 17.8. The number of hydrazone groups is 1. The number of nitrogens with zero attached hydrogens (tertiary/aromatic N) is 1. The molecule has 22 heavy (non-hydrogen) atoms. The standard InChI is InChI=1S/C13H13F3N2O4/c1-2-20-12(19)10-7-17-18-11(21-10)8-4-3-5-9(6-8)22-13(14,15)16/h3-6,10,17H,2,7H2,1H3. The Kier molecular flexibility index (Phi) is 4.74. The first-order chi connectivity index (χ1) is 10.4. The molecule has 1 aliphatic rings. The van der Waals surface area contributed by atoms with Crippen molar-refractivity contribution in [2.75, 3.05) is 13.2 Å². The van der Waals surface area contributed by atoms with Crippen molar-refractivity contribution in [2.24, 2.45) is 5.10 Å². The van der Waals surface area contributed by atoms with Crippen molar-refractivity contribution in [1.29, 1.82) is 0 Å². The summed E-state index contributed by atoms with van der Waals surface area (Å²) >= 11 is 0. The number of esters is 1. The number of rotatable bonds is 4. The number of alkyl halides is 3. The Bertz CT molecular complexity index is 575. The van der Waals surface area contributed by atoms with Gasteiger partial charge in [0.25, 0.3) is 0 Å². The van der Waals surface area contributed by atoms with Crippen molar-refractivity contribution in [1.82, 2.24) is 5.43 Å². The van der Waals surface area contributed by atoms with Crippen LogP contribution in [0.4, 0.5) is 13.2 Å². The third kappa shape index (κ3) is 4.27. The summed E-state index contributed by atoms with van der Waals surface area (Å²) in [7, 11) is 0. The van der Waals surface area contributed by atoms with Gasteiger partial charge in [0.1, 0.15) is 5.75 Å². The van der Waals surface area contributed by atoms with Crippen LogP contribution in [-0.2, 0) is 14.3 Å². The molecular formula is C13H13F3N2O4. The molecule has 1 N–H and O–H groups in total. The van der Waals surface area contributed by atoms with Gasteiger partial charge in [0.05, 0.1) is 13.2 Å². The van der Waals surface area contributed by atoms with E-state index in [0.717, 1.165) is 12.1 Å². The molecule has 0 amide bonds. The van der Waals surface area contributed by atoms with E-state index in [2.05, 4.69) is 15.3 Å². The molecule has 0 aliphatic carbocycles. The Hall–Kier alpha value is -2.45. The van der Waals surface area contributed by atoms with Gasteiger partial charge in [0.15, 0.2) is 0 Å². The van der Waals surface area contributed by atoms with Gasteiger partial charge in [0.2, 0.25) is 12.0 Å². The molecule has 1 unspecified atom stereocenters. The van der Waals surface area contributed by atoms with E-state index in [0.29, 0.717) is 0 Å². The Morgan fingerprint density at radius 1 is 1.50 bits per heavy atom. The van der Waals surface area contributed by atoms with Gasteiger partial charge < -0.3 is 19.6 Å². The molecule has 9 heteroatoms. The summed E-state index contributed by atoms with van der Waals surface area (Å²) in [5.74, 6) is -1.00. The highest BCUT2D eigenvalue weighted by atomic mass is 19.4. The van der Waals surface area contributed by atoms with Gasteiger partial charge in [-0.1, -0.05) is 6.07 Å². The third-order valence-corrected chi connectivity index (χ3v) is 2.58. The molecule has 1 aliphatic heterocycles.